The summed E-state index contributed by atoms with van der Waals surface area (Å²) >= 11 is 0. The van der Waals surface area contributed by atoms with Gasteiger partial charge in [0.15, 0.2) is 0 Å². The standard InChI is InChI=1S/C13H29NO3Si/c1-4-15-18(16-5-2,17-6-3)12-8-10-13-9-7-11-14-13/h13-14H,4-12H2,1-3H3. The fourth-order valence-electron chi connectivity index (χ4n) is 2.57. The molecule has 1 aliphatic rings. The van der Waals surface area contributed by atoms with Crippen LogP contribution in [0, 0.1) is 0 Å². The van der Waals surface area contributed by atoms with Crippen molar-refractivity contribution >= 4 is 8.80 Å². The highest BCUT2D eigenvalue weighted by molar-refractivity contribution is 6.60. The van der Waals surface area contributed by atoms with Crippen LogP contribution in [0.3, 0.4) is 0 Å². The van der Waals surface area contributed by atoms with Crippen molar-refractivity contribution < 1.29 is 13.3 Å². The molecule has 0 bridgehead atoms. The molecule has 4 nitrogen and oxygen atoms in total. The highest BCUT2D eigenvalue weighted by Crippen LogP contribution is 2.21. The first kappa shape index (κ1) is 16.1. The van der Waals surface area contributed by atoms with Gasteiger partial charge in [-0.2, -0.15) is 0 Å². The largest absolute Gasteiger partial charge is 0.500 e. The molecule has 0 spiro atoms. The summed E-state index contributed by atoms with van der Waals surface area (Å²) in [5, 5.41) is 3.53. The zero-order chi connectivity index (χ0) is 13.3. The minimum absolute atomic E-state index is 0.675. The van der Waals surface area contributed by atoms with E-state index in [2.05, 4.69) is 5.32 Å². The van der Waals surface area contributed by atoms with E-state index in [1.807, 2.05) is 20.8 Å². The zero-order valence-electron chi connectivity index (χ0n) is 12.2. The Kier molecular flexibility index (Phi) is 8.09. The quantitative estimate of drug-likeness (QED) is 0.622. The number of nitrogens with one attached hydrogen (secondary N) is 1. The smallest absolute Gasteiger partial charge is 0.374 e. The predicted molar refractivity (Wildman–Crippen MR) is 75.7 cm³/mol. The van der Waals surface area contributed by atoms with Gasteiger partial charge in [-0.05, 0) is 53.0 Å². The minimum atomic E-state index is -2.40. The van der Waals surface area contributed by atoms with E-state index < -0.39 is 8.80 Å². The molecule has 0 aromatic rings. The Morgan fingerprint density at radius 2 is 1.67 bits per heavy atom. The van der Waals surface area contributed by atoms with Crippen molar-refractivity contribution in [2.45, 2.75) is 58.5 Å². The maximum Gasteiger partial charge on any atom is 0.500 e. The molecule has 1 N–H and O–H groups in total. The van der Waals surface area contributed by atoms with E-state index in [1.165, 1.54) is 25.8 Å². The topological polar surface area (TPSA) is 39.7 Å². The molecule has 0 aromatic heterocycles. The van der Waals surface area contributed by atoms with Crippen molar-refractivity contribution in [1.82, 2.24) is 5.32 Å². The van der Waals surface area contributed by atoms with Crippen LogP contribution in [-0.2, 0) is 13.3 Å². The molecule has 1 atom stereocenters. The summed E-state index contributed by atoms with van der Waals surface area (Å²) in [4.78, 5) is 0. The summed E-state index contributed by atoms with van der Waals surface area (Å²) in [6.45, 7) is 9.24. The number of hydrogen-bond donors (Lipinski definition) is 1. The van der Waals surface area contributed by atoms with Gasteiger partial charge in [-0.25, -0.2) is 0 Å². The van der Waals surface area contributed by atoms with Crippen LogP contribution >= 0.6 is 0 Å². The second-order valence-corrected chi connectivity index (χ2v) is 7.40. The molecule has 5 heteroatoms. The zero-order valence-corrected chi connectivity index (χ0v) is 13.2. The van der Waals surface area contributed by atoms with Crippen molar-refractivity contribution in [3.05, 3.63) is 0 Å². The van der Waals surface area contributed by atoms with Gasteiger partial charge in [0, 0.05) is 31.9 Å². The van der Waals surface area contributed by atoms with Crippen LogP contribution in [0.5, 0.6) is 0 Å². The molecule has 0 radical (unpaired) electrons. The van der Waals surface area contributed by atoms with Gasteiger partial charge < -0.3 is 18.6 Å². The van der Waals surface area contributed by atoms with Crippen LogP contribution in [0.1, 0.15) is 46.5 Å². The molecule has 1 heterocycles. The molecule has 0 aromatic carbocycles. The van der Waals surface area contributed by atoms with Gasteiger partial charge in [-0.1, -0.05) is 0 Å². The van der Waals surface area contributed by atoms with Crippen LogP contribution in [0.15, 0.2) is 0 Å². The van der Waals surface area contributed by atoms with Crippen molar-refractivity contribution in [2.75, 3.05) is 26.4 Å². The van der Waals surface area contributed by atoms with Gasteiger partial charge in [-0.3, -0.25) is 0 Å². The van der Waals surface area contributed by atoms with E-state index in [-0.39, 0.29) is 0 Å². The SMILES string of the molecule is CCO[Si](CCCC1CCCN1)(OCC)OCC. The summed E-state index contributed by atoms with van der Waals surface area (Å²) in [7, 11) is -2.40. The second kappa shape index (κ2) is 9.04. The second-order valence-electron chi connectivity index (χ2n) is 4.67. The Balaban J connectivity index is 2.37. The van der Waals surface area contributed by atoms with Gasteiger partial charge in [0.25, 0.3) is 0 Å². The predicted octanol–water partition coefficient (Wildman–Crippen LogP) is 2.57. The average molecular weight is 275 g/mol. The lowest BCUT2D eigenvalue weighted by molar-refractivity contribution is 0.0705. The molecular formula is C13H29NO3Si. The van der Waals surface area contributed by atoms with Gasteiger partial charge in [-0.15, -0.1) is 0 Å². The van der Waals surface area contributed by atoms with E-state index in [9.17, 15) is 0 Å². The first-order chi connectivity index (χ1) is 8.76. The Morgan fingerprint density at radius 3 is 2.11 bits per heavy atom. The molecule has 1 rings (SSSR count). The highest BCUT2D eigenvalue weighted by atomic mass is 28.4. The maximum atomic E-state index is 5.85. The van der Waals surface area contributed by atoms with Gasteiger partial charge in [0.05, 0.1) is 0 Å². The highest BCUT2D eigenvalue weighted by Gasteiger charge is 2.39. The number of hydrogen-bond acceptors (Lipinski definition) is 4. The molecular weight excluding hydrogens is 246 g/mol. The summed E-state index contributed by atoms with van der Waals surface area (Å²) in [6, 6.07) is 1.64. The molecule has 0 aliphatic carbocycles. The number of rotatable bonds is 10. The Labute approximate surface area is 113 Å². The van der Waals surface area contributed by atoms with Crippen LogP contribution in [-0.4, -0.2) is 41.2 Å². The first-order valence-corrected chi connectivity index (χ1v) is 9.34. The lowest BCUT2D eigenvalue weighted by atomic mass is 10.1. The lowest BCUT2D eigenvalue weighted by Crippen LogP contribution is -2.46. The van der Waals surface area contributed by atoms with E-state index in [0.717, 1.165) is 12.5 Å². The molecule has 1 fully saturated rings. The minimum Gasteiger partial charge on any atom is -0.374 e. The third kappa shape index (κ3) is 5.36. The van der Waals surface area contributed by atoms with Crippen LogP contribution in [0.2, 0.25) is 6.04 Å². The van der Waals surface area contributed by atoms with Crippen molar-refractivity contribution in [1.29, 1.82) is 0 Å². The maximum absolute atomic E-state index is 5.85. The monoisotopic (exact) mass is 275 g/mol. The van der Waals surface area contributed by atoms with Crippen LogP contribution in [0.4, 0.5) is 0 Å². The molecule has 18 heavy (non-hydrogen) atoms. The van der Waals surface area contributed by atoms with Gasteiger partial charge in [0.2, 0.25) is 0 Å². The summed E-state index contributed by atoms with van der Waals surface area (Å²) in [5.41, 5.74) is 0. The fourth-order valence-corrected chi connectivity index (χ4v) is 5.21. The summed E-state index contributed by atoms with van der Waals surface area (Å²) in [6.07, 6.45) is 4.97. The third-order valence-corrected chi connectivity index (χ3v) is 6.44. The Hall–Kier alpha value is 0.0569. The van der Waals surface area contributed by atoms with E-state index >= 15 is 0 Å². The van der Waals surface area contributed by atoms with Crippen molar-refractivity contribution in [2.24, 2.45) is 0 Å². The average Bonchev–Trinajstić information content (AvgIpc) is 2.83. The molecule has 108 valence electrons. The summed E-state index contributed by atoms with van der Waals surface area (Å²) < 4.78 is 17.5. The third-order valence-electron chi connectivity index (χ3n) is 3.29. The normalized spacial score (nSPS) is 20.5. The fraction of sp³-hybridized carbons (Fsp3) is 1.00. The van der Waals surface area contributed by atoms with E-state index in [0.29, 0.717) is 25.9 Å². The summed E-state index contributed by atoms with van der Waals surface area (Å²) in [5.74, 6) is 0. The van der Waals surface area contributed by atoms with Gasteiger partial charge in [0.1, 0.15) is 0 Å². The molecule has 0 saturated carbocycles. The first-order valence-electron chi connectivity index (χ1n) is 7.41. The molecule has 1 aliphatic heterocycles. The van der Waals surface area contributed by atoms with Crippen molar-refractivity contribution in [3.8, 4) is 0 Å². The van der Waals surface area contributed by atoms with Crippen molar-refractivity contribution in [3.63, 3.8) is 0 Å². The molecule has 1 saturated heterocycles. The Bertz CT molecular complexity index is 193. The molecule has 0 amide bonds. The van der Waals surface area contributed by atoms with Crippen LogP contribution < -0.4 is 5.32 Å². The Morgan fingerprint density at radius 1 is 1.06 bits per heavy atom. The van der Waals surface area contributed by atoms with E-state index in [4.69, 9.17) is 13.3 Å². The molecule has 1 unspecified atom stereocenters. The van der Waals surface area contributed by atoms with Gasteiger partial charge >= 0.3 is 8.80 Å². The lowest BCUT2D eigenvalue weighted by Gasteiger charge is -2.28. The van der Waals surface area contributed by atoms with E-state index in [1.54, 1.807) is 0 Å². The van der Waals surface area contributed by atoms with Crippen LogP contribution in [0.25, 0.3) is 0 Å².